The molecule has 3 atom stereocenters. The number of aryl methyl sites for hydroxylation is 1. The van der Waals surface area contributed by atoms with Crippen molar-refractivity contribution in [1.82, 2.24) is 33.9 Å². The monoisotopic (exact) mass is 973 g/mol. The molecule has 4 aliphatic rings. The highest BCUT2D eigenvalue weighted by Crippen LogP contribution is 2.51. The minimum absolute atomic E-state index is 0.125. The van der Waals surface area contributed by atoms with E-state index in [-0.39, 0.29) is 17.9 Å². The van der Waals surface area contributed by atoms with Crippen molar-refractivity contribution in [3.8, 4) is 22.8 Å². The van der Waals surface area contributed by atoms with Crippen LogP contribution in [0.2, 0.25) is 0 Å². The maximum atomic E-state index is 15.0. The summed E-state index contributed by atoms with van der Waals surface area (Å²) >= 11 is 7.30. The predicted octanol–water partition coefficient (Wildman–Crippen LogP) is 10.7. The number of likely N-dealkylation sites (tertiary alicyclic amines) is 2. The second kappa shape index (κ2) is 16.7. The fraction of sp³-hybridized carbons (Fsp3) is 0.302. The molecule has 2 amide bonds. The minimum atomic E-state index is -0.745. The molecule has 7 heterocycles. The molecule has 2 saturated heterocycles. The number of hydrogen-bond acceptors (Lipinski definition) is 5. The van der Waals surface area contributed by atoms with Crippen LogP contribution < -0.4 is 0 Å². The summed E-state index contributed by atoms with van der Waals surface area (Å²) in [5, 5.41) is 0. The number of rotatable bonds is 10. The summed E-state index contributed by atoms with van der Waals surface area (Å²) in [6.45, 7) is 2.22. The number of hydrogen-bond donors (Lipinski definition) is 0. The molecule has 3 unspecified atom stereocenters. The van der Waals surface area contributed by atoms with Crippen molar-refractivity contribution in [3.05, 3.63) is 183 Å². The predicted molar refractivity (Wildman–Crippen MR) is 256 cm³/mol. The summed E-state index contributed by atoms with van der Waals surface area (Å²) in [4.78, 5) is 47.7. The fourth-order valence-electron chi connectivity index (χ4n) is 11.5. The first-order valence-electron chi connectivity index (χ1n) is 22.6. The third kappa shape index (κ3) is 6.88. The van der Waals surface area contributed by atoms with Gasteiger partial charge >= 0.3 is 0 Å². The van der Waals surface area contributed by atoms with Gasteiger partial charge in [0.1, 0.15) is 22.7 Å². The van der Waals surface area contributed by atoms with Gasteiger partial charge in [-0.05, 0) is 127 Å². The van der Waals surface area contributed by atoms with Crippen molar-refractivity contribution in [2.45, 2.75) is 80.8 Å². The molecule has 11 rings (SSSR count). The van der Waals surface area contributed by atoms with Crippen molar-refractivity contribution >= 4 is 43.7 Å². The molecule has 0 saturated carbocycles. The van der Waals surface area contributed by atoms with Gasteiger partial charge < -0.3 is 18.9 Å². The largest absolute Gasteiger partial charge is 0.343 e. The van der Waals surface area contributed by atoms with E-state index in [4.69, 9.17) is 9.97 Å². The number of carbonyl (C=O) groups excluding carboxylic acids is 2. The Bertz CT molecular complexity index is 2850. The number of halogens is 2. The van der Waals surface area contributed by atoms with E-state index < -0.39 is 11.1 Å². The smallest absolute Gasteiger partial charge is 0.225 e. The van der Waals surface area contributed by atoms with E-state index in [0.29, 0.717) is 18.8 Å². The number of fused-ring (bicyclic) bond motifs is 6. The molecule has 0 N–H and O–H groups in total. The van der Waals surface area contributed by atoms with Crippen molar-refractivity contribution in [1.29, 1.82) is 0 Å². The first kappa shape index (κ1) is 41.1. The van der Waals surface area contributed by atoms with Gasteiger partial charge in [-0.1, -0.05) is 92.5 Å². The minimum Gasteiger partial charge on any atom is -0.343 e. The molecule has 7 aromatic rings. The second-order valence-electron chi connectivity index (χ2n) is 18.0. The average Bonchev–Trinajstić information content (AvgIpc) is 4.13. The third-order valence-electron chi connectivity index (χ3n) is 14.7. The molecule has 3 aromatic heterocycles. The number of amides is 2. The first-order valence-corrected chi connectivity index (χ1v) is 24.2. The van der Waals surface area contributed by atoms with E-state index in [2.05, 4.69) is 159 Å². The number of piperidine rings is 2. The maximum Gasteiger partial charge on any atom is 0.225 e. The molecule has 0 aliphatic carbocycles. The van der Waals surface area contributed by atoms with Crippen LogP contribution in [-0.2, 0) is 27.1 Å². The van der Waals surface area contributed by atoms with Crippen molar-refractivity contribution in [3.63, 3.8) is 0 Å². The molecule has 4 aromatic carbocycles. The number of aromatic nitrogens is 5. The third-order valence-corrected chi connectivity index (χ3v) is 15.7. The van der Waals surface area contributed by atoms with Gasteiger partial charge in [-0.3, -0.25) is 14.6 Å². The van der Waals surface area contributed by atoms with Gasteiger partial charge in [-0.2, -0.15) is 0 Å². The van der Waals surface area contributed by atoms with Crippen LogP contribution in [0.5, 0.6) is 0 Å². The van der Waals surface area contributed by atoms with E-state index in [1.165, 1.54) is 11.1 Å². The van der Waals surface area contributed by atoms with E-state index >= 15 is 0 Å². The van der Waals surface area contributed by atoms with Crippen LogP contribution in [0.3, 0.4) is 0 Å². The summed E-state index contributed by atoms with van der Waals surface area (Å²) in [5.41, 5.74) is 7.56. The molecule has 9 nitrogen and oxygen atoms in total. The van der Waals surface area contributed by atoms with E-state index in [0.717, 1.165) is 119 Å². The molecule has 4 aliphatic heterocycles. The Morgan fingerprint density at radius 1 is 0.625 bits per heavy atom. The molecule has 64 heavy (non-hydrogen) atoms. The van der Waals surface area contributed by atoms with Crippen molar-refractivity contribution < 1.29 is 9.59 Å². The standard InChI is InChI=1S/C53H49Br2N7O2/c54-41-14-10-39(11-15-41)52(34-48(63)59-29-22-38(23-30-59)37-20-24-56-25-21-37)47-19-9-36(33-45(47)51-58-27-32-62(51)52)8-18-43-5-3-4-28-60(43)49(64)35-53(40-12-16-42(55)17-13-40)46-7-2-1-6-44(46)50-57-26-31-61(50)53/h1-2,6-7,9-17,19-21,24-27,31-33,38,43H,3-5,8,18,22-23,28-30,34-35H2. The van der Waals surface area contributed by atoms with Crippen LogP contribution in [0.1, 0.15) is 90.7 Å². The highest BCUT2D eigenvalue weighted by Gasteiger charge is 2.49. The Labute approximate surface area is 390 Å². The molecule has 0 radical (unpaired) electrons. The van der Waals surface area contributed by atoms with Crippen LogP contribution in [0.25, 0.3) is 22.8 Å². The molecular weight excluding hydrogens is 926 g/mol. The summed E-state index contributed by atoms with van der Waals surface area (Å²) in [5.74, 6) is 2.54. The van der Waals surface area contributed by atoms with E-state index in [9.17, 15) is 9.59 Å². The van der Waals surface area contributed by atoms with Gasteiger partial charge in [0.05, 0.1) is 12.8 Å². The van der Waals surface area contributed by atoms with Crippen LogP contribution in [0.4, 0.5) is 0 Å². The fourth-order valence-corrected chi connectivity index (χ4v) is 12.1. The van der Waals surface area contributed by atoms with Crippen LogP contribution in [0.15, 0.2) is 149 Å². The van der Waals surface area contributed by atoms with Gasteiger partial charge in [-0.15, -0.1) is 0 Å². The maximum absolute atomic E-state index is 15.0. The Morgan fingerprint density at radius 3 is 1.91 bits per heavy atom. The van der Waals surface area contributed by atoms with Crippen LogP contribution >= 0.6 is 31.9 Å². The quantitative estimate of drug-likeness (QED) is 0.136. The van der Waals surface area contributed by atoms with Gasteiger partial charge in [0.15, 0.2) is 0 Å². The molecule has 0 bridgehead atoms. The Balaban J connectivity index is 0.864. The highest BCUT2D eigenvalue weighted by atomic mass is 79.9. The average molecular weight is 976 g/mol. The normalized spacial score (nSPS) is 21.3. The molecule has 0 spiro atoms. The Morgan fingerprint density at radius 2 is 1.23 bits per heavy atom. The molecular formula is C53H49Br2N7O2. The Hall–Kier alpha value is -5.65. The zero-order chi connectivity index (χ0) is 43.4. The lowest BCUT2D eigenvalue weighted by atomic mass is 9.78. The Kier molecular flexibility index (Phi) is 10.7. The number of carbonyl (C=O) groups is 2. The van der Waals surface area contributed by atoms with Crippen molar-refractivity contribution in [2.75, 3.05) is 19.6 Å². The molecule has 322 valence electrons. The summed E-state index contributed by atoms with van der Waals surface area (Å²) in [6.07, 6.45) is 18.8. The first-order chi connectivity index (χ1) is 31.3. The van der Waals surface area contributed by atoms with Gasteiger partial charge in [0.25, 0.3) is 0 Å². The van der Waals surface area contributed by atoms with Crippen LogP contribution in [-0.4, -0.2) is 71.4 Å². The van der Waals surface area contributed by atoms with Gasteiger partial charge in [0, 0.05) is 82.9 Å². The van der Waals surface area contributed by atoms with Gasteiger partial charge in [-0.25, -0.2) is 9.97 Å². The molecule has 2 fully saturated rings. The number of imidazole rings is 2. The van der Waals surface area contributed by atoms with Crippen molar-refractivity contribution in [2.24, 2.45) is 0 Å². The zero-order valence-electron chi connectivity index (χ0n) is 35.6. The van der Waals surface area contributed by atoms with E-state index in [1.54, 1.807) is 0 Å². The SMILES string of the molecule is O=C(CC1(c2ccc(Br)cc2)c2ccc(CCC3CCCCN3C(=O)CC3(c4ccc(Br)cc4)c4ccccc4-c4nccn43)cc2-c2nccn21)N1CCC(c2ccncc2)CC1. The number of nitrogens with zero attached hydrogens (tertiary/aromatic N) is 7. The summed E-state index contributed by atoms with van der Waals surface area (Å²) < 4.78 is 6.46. The lowest BCUT2D eigenvalue weighted by Gasteiger charge is -2.40. The lowest BCUT2D eigenvalue weighted by molar-refractivity contribution is -0.136. The molecule has 11 heteroatoms. The number of pyridine rings is 1. The summed E-state index contributed by atoms with van der Waals surface area (Å²) in [6, 6.07) is 36.4. The van der Waals surface area contributed by atoms with Gasteiger partial charge in [0.2, 0.25) is 11.8 Å². The van der Waals surface area contributed by atoms with Crippen LogP contribution in [0, 0.1) is 0 Å². The highest BCUT2D eigenvalue weighted by molar-refractivity contribution is 9.10. The summed E-state index contributed by atoms with van der Waals surface area (Å²) in [7, 11) is 0. The second-order valence-corrected chi connectivity index (χ2v) is 19.8. The van der Waals surface area contributed by atoms with E-state index in [1.807, 2.05) is 37.2 Å². The number of benzene rings is 4. The zero-order valence-corrected chi connectivity index (χ0v) is 38.8. The topological polar surface area (TPSA) is 89.2 Å². The lowest BCUT2D eigenvalue weighted by Crippen LogP contribution is -2.47.